The number of ether oxygens (including phenoxy) is 2. The standard InChI is InChI=1S/C15H16N2O4/c1-15(2,3)21-13(18)9-20-14(19)12-8-16-10-6-4-5-7-11(10)17-12/h4-8H,9H2,1-3H3. The largest absolute Gasteiger partial charge is 0.457 e. The maximum atomic E-state index is 11.8. The summed E-state index contributed by atoms with van der Waals surface area (Å²) in [5.74, 6) is -1.32. The molecule has 0 saturated carbocycles. The van der Waals surface area contributed by atoms with Crippen molar-refractivity contribution in [3.05, 3.63) is 36.2 Å². The molecule has 2 aromatic rings. The van der Waals surface area contributed by atoms with Gasteiger partial charge in [0.05, 0.1) is 17.2 Å². The second-order valence-corrected chi connectivity index (χ2v) is 5.41. The lowest BCUT2D eigenvalue weighted by Gasteiger charge is -2.19. The molecule has 0 aliphatic rings. The van der Waals surface area contributed by atoms with E-state index in [0.717, 1.165) is 0 Å². The number of benzene rings is 1. The minimum absolute atomic E-state index is 0.0530. The first kappa shape index (κ1) is 14.9. The van der Waals surface area contributed by atoms with Crippen LogP contribution in [0.5, 0.6) is 0 Å². The van der Waals surface area contributed by atoms with E-state index in [0.29, 0.717) is 11.0 Å². The highest BCUT2D eigenvalue weighted by Crippen LogP contribution is 2.10. The average molecular weight is 288 g/mol. The van der Waals surface area contributed by atoms with Crippen LogP contribution >= 0.6 is 0 Å². The van der Waals surface area contributed by atoms with Crippen LogP contribution in [0.3, 0.4) is 0 Å². The van der Waals surface area contributed by atoms with Gasteiger partial charge in [0.25, 0.3) is 0 Å². The van der Waals surface area contributed by atoms with E-state index >= 15 is 0 Å². The van der Waals surface area contributed by atoms with Crippen LogP contribution in [0.1, 0.15) is 31.3 Å². The number of hydrogen-bond acceptors (Lipinski definition) is 6. The maximum absolute atomic E-state index is 11.8. The number of para-hydroxylation sites is 2. The van der Waals surface area contributed by atoms with Gasteiger partial charge in [0.2, 0.25) is 0 Å². The van der Waals surface area contributed by atoms with Gasteiger partial charge in [-0.15, -0.1) is 0 Å². The molecule has 0 radical (unpaired) electrons. The van der Waals surface area contributed by atoms with Crippen molar-refractivity contribution in [1.82, 2.24) is 9.97 Å². The van der Waals surface area contributed by atoms with Gasteiger partial charge >= 0.3 is 11.9 Å². The first-order chi connectivity index (χ1) is 9.85. The fourth-order valence-electron chi connectivity index (χ4n) is 1.62. The van der Waals surface area contributed by atoms with E-state index in [1.807, 2.05) is 6.07 Å². The SMILES string of the molecule is CC(C)(C)OC(=O)COC(=O)c1cnc2ccccc2n1. The Labute approximate surface area is 122 Å². The van der Waals surface area contributed by atoms with Crippen molar-refractivity contribution in [3.63, 3.8) is 0 Å². The summed E-state index contributed by atoms with van der Waals surface area (Å²) in [6.45, 7) is 4.76. The van der Waals surface area contributed by atoms with Crippen LogP contribution in [0.2, 0.25) is 0 Å². The van der Waals surface area contributed by atoms with Crippen LogP contribution in [0, 0.1) is 0 Å². The predicted molar refractivity (Wildman–Crippen MR) is 75.7 cm³/mol. The topological polar surface area (TPSA) is 78.4 Å². The summed E-state index contributed by atoms with van der Waals surface area (Å²) in [5.41, 5.74) is 0.703. The molecule has 2 rings (SSSR count). The van der Waals surface area contributed by atoms with Crippen LogP contribution < -0.4 is 0 Å². The van der Waals surface area contributed by atoms with Crippen LogP contribution in [-0.4, -0.2) is 34.1 Å². The molecule has 0 aliphatic carbocycles. The van der Waals surface area contributed by atoms with Crippen molar-refractivity contribution < 1.29 is 19.1 Å². The zero-order valence-electron chi connectivity index (χ0n) is 12.1. The molecule has 0 amide bonds. The van der Waals surface area contributed by atoms with Crippen molar-refractivity contribution in [1.29, 1.82) is 0 Å². The number of aromatic nitrogens is 2. The van der Waals surface area contributed by atoms with Crippen molar-refractivity contribution in [3.8, 4) is 0 Å². The minimum atomic E-state index is -0.709. The molecule has 0 N–H and O–H groups in total. The van der Waals surface area contributed by atoms with E-state index in [4.69, 9.17) is 9.47 Å². The zero-order chi connectivity index (χ0) is 15.5. The number of rotatable bonds is 3. The molecule has 0 atom stereocenters. The summed E-state index contributed by atoms with van der Waals surface area (Å²) in [5, 5.41) is 0. The molecule has 0 unspecified atom stereocenters. The summed E-state index contributed by atoms with van der Waals surface area (Å²) >= 11 is 0. The van der Waals surface area contributed by atoms with E-state index < -0.39 is 24.1 Å². The quantitative estimate of drug-likeness (QED) is 0.805. The third-order valence-corrected chi connectivity index (χ3v) is 2.40. The van der Waals surface area contributed by atoms with E-state index in [2.05, 4.69) is 9.97 Å². The molecule has 110 valence electrons. The van der Waals surface area contributed by atoms with Gasteiger partial charge in [-0.1, -0.05) is 12.1 Å². The zero-order valence-corrected chi connectivity index (χ0v) is 12.1. The predicted octanol–water partition coefficient (Wildman–Crippen LogP) is 2.13. The molecular weight excluding hydrogens is 272 g/mol. The molecule has 21 heavy (non-hydrogen) atoms. The smallest absolute Gasteiger partial charge is 0.359 e. The Hall–Kier alpha value is -2.50. The highest BCUT2D eigenvalue weighted by atomic mass is 16.6. The number of hydrogen-bond donors (Lipinski definition) is 0. The first-order valence-corrected chi connectivity index (χ1v) is 6.46. The second-order valence-electron chi connectivity index (χ2n) is 5.41. The van der Waals surface area contributed by atoms with E-state index in [9.17, 15) is 9.59 Å². The molecular formula is C15H16N2O4. The number of carbonyl (C=O) groups is 2. The Bertz CT molecular complexity index is 677. The van der Waals surface area contributed by atoms with Crippen molar-refractivity contribution in [2.75, 3.05) is 6.61 Å². The van der Waals surface area contributed by atoms with E-state index in [1.165, 1.54) is 6.20 Å². The summed E-state index contributed by atoms with van der Waals surface area (Å²) in [6, 6.07) is 7.16. The third kappa shape index (κ3) is 4.24. The fourth-order valence-corrected chi connectivity index (χ4v) is 1.62. The summed E-state index contributed by atoms with van der Waals surface area (Å²) in [7, 11) is 0. The maximum Gasteiger partial charge on any atom is 0.359 e. The number of carbonyl (C=O) groups excluding carboxylic acids is 2. The highest BCUT2D eigenvalue weighted by molar-refractivity contribution is 5.90. The normalized spacial score (nSPS) is 11.2. The molecule has 6 heteroatoms. The Morgan fingerprint density at radius 3 is 2.48 bits per heavy atom. The molecule has 6 nitrogen and oxygen atoms in total. The Morgan fingerprint density at radius 2 is 1.81 bits per heavy atom. The highest BCUT2D eigenvalue weighted by Gasteiger charge is 2.18. The number of esters is 2. The lowest BCUT2D eigenvalue weighted by molar-refractivity contribution is -0.158. The van der Waals surface area contributed by atoms with Gasteiger partial charge in [0.1, 0.15) is 5.60 Å². The van der Waals surface area contributed by atoms with Gasteiger partial charge in [0.15, 0.2) is 12.3 Å². The number of fused-ring (bicyclic) bond motifs is 1. The Morgan fingerprint density at radius 1 is 1.14 bits per heavy atom. The first-order valence-electron chi connectivity index (χ1n) is 6.46. The molecule has 0 aliphatic heterocycles. The molecule has 1 aromatic heterocycles. The molecule has 1 aromatic carbocycles. The molecule has 1 heterocycles. The third-order valence-electron chi connectivity index (χ3n) is 2.40. The monoisotopic (exact) mass is 288 g/mol. The van der Waals surface area contributed by atoms with E-state index in [-0.39, 0.29) is 5.69 Å². The number of nitrogens with zero attached hydrogens (tertiary/aromatic N) is 2. The van der Waals surface area contributed by atoms with Gasteiger partial charge < -0.3 is 9.47 Å². The van der Waals surface area contributed by atoms with Crippen molar-refractivity contribution >= 4 is 23.0 Å². The lowest BCUT2D eigenvalue weighted by atomic mass is 10.2. The summed E-state index contributed by atoms with van der Waals surface area (Å²) in [4.78, 5) is 31.5. The minimum Gasteiger partial charge on any atom is -0.457 e. The van der Waals surface area contributed by atoms with Crippen molar-refractivity contribution in [2.45, 2.75) is 26.4 Å². The molecule has 0 spiro atoms. The van der Waals surface area contributed by atoms with Gasteiger partial charge in [0, 0.05) is 0 Å². The van der Waals surface area contributed by atoms with Gasteiger partial charge in [-0.2, -0.15) is 0 Å². The van der Waals surface area contributed by atoms with Crippen LogP contribution in [0.4, 0.5) is 0 Å². The van der Waals surface area contributed by atoms with Crippen molar-refractivity contribution in [2.24, 2.45) is 0 Å². The van der Waals surface area contributed by atoms with Gasteiger partial charge in [-0.25, -0.2) is 14.6 Å². The lowest BCUT2D eigenvalue weighted by Crippen LogP contribution is -2.27. The summed E-state index contributed by atoms with van der Waals surface area (Å²) in [6.07, 6.45) is 1.32. The van der Waals surface area contributed by atoms with Crippen LogP contribution in [-0.2, 0) is 14.3 Å². The van der Waals surface area contributed by atoms with Gasteiger partial charge in [-0.3, -0.25) is 4.98 Å². The average Bonchev–Trinajstić information content (AvgIpc) is 2.42. The van der Waals surface area contributed by atoms with Gasteiger partial charge in [-0.05, 0) is 32.9 Å². The Kier molecular flexibility index (Phi) is 4.16. The van der Waals surface area contributed by atoms with E-state index in [1.54, 1.807) is 39.0 Å². The molecule has 0 bridgehead atoms. The second kappa shape index (κ2) is 5.87. The van der Waals surface area contributed by atoms with Crippen LogP contribution in [0.25, 0.3) is 11.0 Å². The molecule has 0 saturated heterocycles. The fraction of sp³-hybridized carbons (Fsp3) is 0.333. The Balaban J connectivity index is 2.00. The van der Waals surface area contributed by atoms with Crippen LogP contribution in [0.15, 0.2) is 30.5 Å². The molecule has 0 fully saturated rings. The summed E-state index contributed by atoms with van der Waals surface area (Å²) < 4.78 is 9.91.